The lowest BCUT2D eigenvalue weighted by atomic mass is 10.1. The molecule has 1 aromatic heterocycles. The number of anilines is 1. The van der Waals surface area contributed by atoms with Crippen LogP contribution in [0.4, 0.5) is 11.4 Å². The van der Waals surface area contributed by atoms with Crippen LogP contribution in [0.3, 0.4) is 0 Å². The van der Waals surface area contributed by atoms with E-state index in [2.05, 4.69) is 15.6 Å². The Morgan fingerprint density at radius 2 is 1.93 bits per heavy atom. The van der Waals surface area contributed by atoms with Crippen molar-refractivity contribution in [2.24, 2.45) is 0 Å². The summed E-state index contributed by atoms with van der Waals surface area (Å²) in [5.41, 5.74) is 3.16. The molecule has 8 heteroatoms. The maximum Gasteiger partial charge on any atom is 0.269 e. The molecule has 1 heterocycles. The van der Waals surface area contributed by atoms with Gasteiger partial charge in [0.2, 0.25) is 0 Å². The Bertz CT molecular complexity index is 1060. The first-order valence-electron chi connectivity index (χ1n) is 8.34. The van der Waals surface area contributed by atoms with Crippen LogP contribution in [-0.4, -0.2) is 21.6 Å². The number of benzene rings is 2. The first-order valence-corrected chi connectivity index (χ1v) is 8.75. The van der Waals surface area contributed by atoms with E-state index in [1.165, 1.54) is 12.1 Å². The van der Waals surface area contributed by atoms with E-state index in [9.17, 15) is 14.9 Å². The van der Waals surface area contributed by atoms with Crippen molar-refractivity contribution in [2.45, 2.75) is 13.3 Å². The number of aromatic nitrogens is 1. The maximum atomic E-state index is 12.2. The van der Waals surface area contributed by atoms with Crippen LogP contribution in [-0.2, 0) is 6.42 Å². The van der Waals surface area contributed by atoms with E-state index in [0.29, 0.717) is 29.3 Å². The summed E-state index contributed by atoms with van der Waals surface area (Å²) < 4.78 is 0. The number of non-ortho nitro benzene ring substituents is 1. The van der Waals surface area contributed by atoms with Gasteiger partial charge in [0, 0.05) is 35.4 Å². The number of nitro benzene ring substituents is 1. The average Bonchev–Trinajstić information content (AvgIpc) is 2.62. The van der Waals surface area contributed by atoms with Crippen LogP contribution in [0.15, 0.2) is 53.3 Å². The molecule has 3 rings (SSSR count). The van der Waals surface area contributed by atoms with Gasteiger partial charge in [0.15, 0.2) is 5.11 Å². The van der Waals surface area contributed by atoms with Crippen molar-refractivity contribution >= 4 is 39.6 Å². The van der Waals surface area contributed by atoms with Crippen LogP contribution in [0.5, 0.6) is 0 Å². The molecule has 0 amide bonds. The molecule has 27 heavy (non-hydrogen) atoms. The molecule has 2 aromatic carbocycles. The van der Waals surface area contributed by atoms with E-state index < -0.39 is 4.92 Å². The number of rotatable bonds is 5. The van der Waals surface area contributed by atoms with E-state index in [0.717, 1.165) is 16.5 Å². The second-order valence-corrected chi connectivity index (χ2v) is 6.56. The highest BCUT2D eigenvalue weighted by Crippen LogP contribution is 2.15. The first-order chi connectivity index (χ1) is 12.9. The summed E-state index contributed by atoms with van der Waals surface area (Å²) in [5, 5.41) is 18.0. The van der Waals surface area contributed by atoms with Crippen LogP contribution in [0, 0.1) is 17.0 Å². The van der Waals surface area contributed by atoms with Crippen LogP contribution in [0.25, 0.3) is 10.9 Å². The molecule has 0 atom stereocenters. The summed E-state index contributed by atoms with van der Waals surface area (Å²) in [6.07, 6.45) is 0.515. The van der Waals surface area contributed by atoms with E-state index in [1.54, 1.807) is 12.1 Å². The molecule has 0 saturated carbocycles. The highest BCUT2D eigenvalue weighted by Gasteiger charge is 2.06. The number of aryl methyl sites for hydroxylation is 1. The number of hydrogen-bond acceptors (Lipinski definition) is 4. The largest absolute Gasteiger partial charge is 0.362 e. The summed E-state index contributed by atoms with van der Waals surface area (Å²) in [6.45, 7) is 2.47. The Hall–Kier alpha value is -3.26. The lowest BCUT2D eigenvalue weighted by Crippen LogP contribution is -2.31. The Labute approximate surface area is 160 Å². The van der Waals surface area contributed by atoms with Crippen molar-refractivity contribution in [3.63, 3.8) is 0 Å². The molecule has 0 bridgehead atoms. The van der Waals surface area contributed by atoms with Gasteiger partial charge in [0.05, 0.1) is 4.92 Å². The minimum Gasteiger partial charge on any atom is -0.362 e. The number of aromatic amines is 1. The van der Waals surface area contributed by atoms with Gasteiger partial charge < -0.3 is 15.6 Å². The molecule has 0 aliphatic carbocycles. The number of fused-ring (bicyclic) bond motifs is 1. The molecule has 0 radical (unpaired) electrons. The summed E-state index contributed by atoms with van der Waals surface area (Å²) in [5.74, 6) is 0. The summed E-state index contributed by atoms with van der Waals surface area (Å²) in [6, 6.07) is 13.8. The molecule has 0 saturated heterocycles. The molecule has 0 unspecified atom stereocenters. The van der Waals surface area contributed by atoms with Crippen molar-refractivity contribution in [3.8, 4) is 0 Å². The first kappa shape index (κ1) is 18.5. The fraction of sp³-hybridized carbons (Fsp3) is 0.158. The molecule has 3 N–H and O–H groups in total. The smallest absolute Gasteiger partial charge is 0.269 e. The standard InChI is InChI=1S/C19H18N4O3S/c1-12-2-3-13-11-14(18(24)22-17(13)10-12)8-9-20-19(27)21-15-4-6-16(7-5-15)23(25)26/h2-7,10-11H,8-9H2,1H3,(H,22,24)(H2,20,21,27). The van der Waals surface area contributed by atoms with Crippen molar-refractivity contribution in [2.75, 3.05) is 11.9 Å². The monoisotopic (exact) mass is 382 g/mol. The van der Waals surface area contributed by atoms with Crippen molar-refractivity contribution in [1.29, 1.82) is 0 Å². The second-order valence-electron chi connectivity index (χ2n) is 6.15. The lowest BCUT2D eigenvalue weighted by molar-refractivity contribution is -0.384. The zero-order valence-electron chi connectivity index (χ0n) is 14.6. The van der Waals surface area contributed by atoms with E-state index >= 15 is 0 Å². The molecule has 0 fully saturated rings. The molecule has 0 aliphatic heterocycles. The minimum absolute atomic E-state index is 0.0187. The lowest BCUT2D eigenvalue weighted by Gasteiger charge is -2.10. The van der Waals surface area contributed by atoms with Crippen molar-refractivity contribution in [1.82, 2.24) is 10.3 Å². The molecule has 0 spiro atoms. The number of nitro groups is 1. The molecular weight excluding hydrogens is 364 g/mol. The van der Waals surface area contributed by atoms with E-state index in [-0.39, 0.29) is 11.2 Å². The third kappa shape index (κ3) is 4.68. The van der Waals surface area contributed by atoms with Crippen LogP contribution in [0.1, 0.15) is 11.1 Å². The van der Waals surface area contributed by atoms with E-state index in [4.69, 9.17) is 12.2 Å². The number of pyridine rings is 1. The predicted octanol–water partition coefficient (Wildman–Crippen LogP) is 3.27. The summed E-state index contributed by atoms with van der Waals surface area (Å²) in [7, 11) is 0. The Morgan fingerprint density at radius 1 is 1.19 bits per heavy atom. The molecular formula is C19H18N4O3S. The topological polar surface area (TPSA) is 100 Å². The number of nitrogens with zero attached hydrogens (tertiary/aromatic N) is 1. The normalized spacial score (nSPS) is 10.6. The number of hydrogen-bond donors (Lipinski definition) is 3. The third-order valence-corrected chi connectivity index (χ3v) is 4.34. The highest BCUT2D eigenvalue weighted by molar-refractivity contribution is 7.80. The van der Waals surface area contributed by atoms with Gasteiger partial charge >= 0.3 is 0 Å². The number of thiocarbonyl (C=S) groups is 1. The fourth-order valence-corrected chi connectivity index (χ4v) is 2.92. The number of nitrogens with one attached hydrogen (secondary N) is 3. The minimum atomic E-state index is -0.456. The SMILES string of the molecule is Cc1ccc2cc(CCNC(=S)Nc3ccc([N+](=O)[O-])cc3)c(=O)[nH]c2c1. The zero-order chi connectivity index (χ0) is 19.4. The van der Waals surface area contributed by atoms with Gasteiger partial charge in [-0.05, 0) is 60.8 Å². The quantitative estimate of drug-likeness (QED) is 0.356. The van der Waals surface area contributed by atoms with Crippen LogP contribution >= 0.6 is 12.2 Å². The van der Waals surface area contributed by atoms with Gasteiger partial charge in [-0.1, -0.05) is 12.1 Å². The zero-order valence-corrected chi connectivity index (χ0v) is 15.4. The van der Waals surface area contributed by atoms with Crippen molar-refractivity contribution < 1.29 is 4.92 Å². The maximum absolute atomic E-state index is 12.2. The van der Waals surface area contributed by atoms with Crippen LogP contribution < -0.4 is 16.2 Å². The Morgan fingerprint density at radius 3 is 2.63 bits per heavy atom. The molecule has 0 aliphatic rings. The fourth-order valence-electron chi connectivity index (χ4n) is 2.70. The summed E-state index contributed by atoms with van der Waals surface area (Å²) >= 11 is 5.22. The van der Waals surface area contributed by atoms with Crippen LogP contribution in [0.2, 0.25) is 0 Å². The Balaban J connectivity index is 1.57. The highest BCUT2D eigenvalue weighted by atomic mass is 32.1. The second kappa shape index (κ2) is 7.96. The predicted molar refractivity (Wildman–Crippen MR) is 110 cm³/mol. The number of H-pyrrole nitrogens is 1. The van der Waals surface area contributed by atoms with Gasteiger partial charge in [0.1, 0.15) is 0 Å². The molecule has 3 aromatic rings. The average molecular weight is 382 g/mol. The molecule has 138 valence electrons. The van der Waals surface area contributed by atoms with Gasteiger partial charge in [-0.15, -0.1) is 0 Å². The van der Waals surface area contributed by atoms with Gasteiger partial charge in [-0.25, -0.2) is 0 Å². The summed E-state index contributed by atoms with van der Waals surface area (Å²) in [4.78, 5) is 25.3. The van der Waals surface area contributed by atoms with Gasteiger partial charge in [-0.3, -0.25) is 14.9 Å². The van der Waals surface area contributed by atoms with Gasteiger partial charge in [0.25, 0.3) is 11.2 Å². The third-order valence-electron chi connectivity index (χ3n) is 4.09. The van der Waals surface area contributed by atoms with E-state index in [1.807, 2.05) is 31.2 Å². The van der Waals surface area contributed by atoms with Gasteiger partial charge in [-0.2, -0.15) is 0 Å². The molecule has 7 nitrogen and oxygen atoms in total. The Kier molecular flexibility index (Phi) is 5.46. The van der Waals surface area contributed by atoms with Crippen molar-refractivity contribution in [3.05, 3.63) is 80.1 Å².